The minimum Gasteiger partial charge on any atom is -0.349 e. The van der Waals surface area contributed by atoms with Gasteiger partial charge in [0.15, 0.2) is 0 Å². The summed E-state index contributed by atoms with van der Waals surface area (Å²) in [7, 11) is 0. The first-order valence-electron chi connectivity index (χ1n) is 10.7. The molecule has 2 atom stereocenters. The zero-order valence-electron chi connectivity index (χ0n) is 17.7. The summed E-state index contributed by atoms with van der Waals surface area (Å²) < 4.78 is 0. The number of amides is 1. The smallest absolute Gasteiger partial charge is 0.228 e. The Hall–Kier alpha value is -2.87. The maximum atomic E-state index is 12.9. The molecule has 2 nitrogen and oxygen atoms in total. The summed E-state index contributed by atoms with van der Waals surface area (Å²) in [6.07, 6.45) is 3.06. The monoisotopic (exact) mass is 385 g/mol. The molecular weight excluding hydrogens is 354 g/mol. The van der Waals surface area contributed by atoms with E-state index in [1.165, 1.54) is 16.7 Å². The van der Waals surface area contributed by atoms with Crippen LogP contribution in [0.25, 0.3) is 11.1 Å². The Morgan fingerprint density at radius 3 is 1.93 bits per heavy atom. The average molecular weight is 386 g/mol. The van der Waals surface area contributed by atoms with Gasteiger partial charge in [-0.25, -0.2) is 0 Å². The van der Waals surface area contributed by atoms with Crippen molar-refractivity contribution < 1.29 is 4.79 Å². The van der Waals surface area contributed by atoms with Gasteiger partial charge in [-0.05, 0) is 47.6 Å². The molecule has 0 radical (unpaired) electrons. The molecule has 0 aliphatic heterocycles. The molecule has 0 aliphatic rings. The number of aryl methyl sites for hydroxylation is 1. The van der Waals surface area contributed by atoms with E-state index in [0.29, 0.717) is 0 Å². The number of carbonyl (C=O) groups is 1. The molecule has 0 saturated heterocycles. The molecule has 1 N–H and O–H groups in total. The number of benzene rings is 3. The van der Waals surface area contributed by atoms with Gasteiger partial charge in [-0.3, -0.25) is 4.79 Å². The maximum Gasteiger partial charge on any atom is 0.228 e. The summed E-state index contributed by atoms with van der Waals surface area (Å²) in [6, 6.07) is 27.3. The van der Waals surface area contributed by atoms with Gasteiger partial charge in [0.25, 0.3) is 0 Å². The Kier molecular flexibility index (Phi) is 7.24. The van der Waals surface area contributed by atoms with E-state index in [-0.39, 0.29) is 17.9 Å². The number of hydrogen-bond donors (Lipinski definition) is 1. The van der Waals surface area contributed by atoms with Crippen LogP contribution < -0.4 is 5.32 Å². The van der Waals surface area contributed by atoms with Gasteiger partial charge in [0.1, 0.15) is 0 Å². The summed E-state index contributed by atoms with van der Waals surface area (Å²) in [5.41, 5.74) is 5.97. The van der Waals surface area contributed by atoms with Crippen LogP contribution in [0.1, 0.15) is 62.3 Å². The average Bonchev–Trinajstić information content (AvgIpc) is 2.76. The van der Waals surface area contributed by atoms with E-state index in [9.17, 15) is 4.79 Å². The van der Waals surface area contributed by atoms with E-state index in [4.69, 9.17) is 0 Å². The zero-order chi connectivity index (χ0) is 20.6. The van der Waals surface area contributed by atoms with E-state index in [2.05, 4.69) is 67.7 Å². The first-order valence-corrected chi connectivity index (χ1v) is 10.7. The highest BCUT2D eigenvalue weighted by Crippen LogP contribution is 2.26. The van der Waals surface area contributed by atoms with Crippen molar-refractivity contribution in [2.24, 2.45) is 0 Å². The van der Waals surface area contributed by atoms with Crippen molar-refractivity contribution in [2.45, 2.75) is 52.0 Å². The van der Waals surface area contributed by atoms with Gasteiger partial charge < -0.3 is 5.32 Å². The summed E-state index contributed by atoms with van der Waals surface area (Å²) >= 11 is 0. The molecule has 0 aromatic heterocycles. The molecule has 29 heavy (non-hydrogen) atoms. The molecule has 0 unspecified atom stereocenters. The lowest BCUT2D eigenvalue weighted by atomic mass is 9.92. The van der Waals surface area contributed by atoms with Crippen molar-refractivity contribution in [3.05, 3.63) is 95.6 Å². The predicted octanol–water partition coefficient (Wildman–Crippen LogP) is 6.68. The molecule has 0 saturated carbocycles. The molecule has 0 heterocycles. The van der Waals surface area contributed by atoms with E-state index < -0.39 is 0 Å². The minimum atomic E-state index is -0.137. The second kappa shape index (κ2) is 10.1. The quantitative estimate of drug-likeness (QED) is 0.460. The molecule has 3 aromatic carbocycles. The van der Waals surface area contributed by atoms with Crippen LogP contribution in [0.5, 0.6) is 0 Å². The Balaban J connectivity index is 1.70. The second-order valence-corrected chi connectivity index (χ2v) is 7.67. The van der Waals surface area contributed by atoms with Crippen molar-refractivity contribution >= 4 is 5.91 Å². The Labute approximate surface area is 175 Å². The Bertz CT molecular complexity index is 898. The molecule has 2 heteroatoms. The number of hydrogen-bond acceptors (Lipinski definition) is 1. The van der Waals surface area contributed by atoms with E-state index in [0.717, 1.165) is 30.4 Å². The van der Waals surface area contributed by atoms with Gasteiger partial charge in [0.05, 0.1) is 12.0 Å². The lowest BCUT2D eigenvalue weighted by molar-refractivity contribution is -0.123. The molecule has 3 aromatic rings. The first-order chi connectivity index (χ1) is 14.1. The third kappa shape index (κ3) is 5.35. The fourth-order valence-electron chi connectivity index (χ4n) is 3.77. The summed E-state index contributed by atoms with van der Waals surface area (Å²) in [5.74, 6) is -0.0531. The molecular formula is C27H31NO. The van der Waals surface area contributed by atoms with Crippen LogP contribution >= 0.6 is 0 Å². The summed E-state index contributed by atoms with van der Waals surface area (Å²) in [5, 5.41) is 3.17. The van der Waals surface area contributed by atoms with Crippen molar-refractivity contribution in [1.82, 2.24) is 5.32 Å². The van der Waals surface area contributed by atoms with Crippen LogP contribution in [0.4, 0.5) is 0 Å². The van der Waals surface area contributed by atoms with Crippen molar-refractivity contribution in [1.29, 1.82) is 0 Å². The topological polar surface area (TPSA) is 29.1 Å². The van der Waals surface area contributed by atoms with E-state index in [1.807, 2.05) is 37.3 Å². The Morgan fingerprint density at radius 1 is 0.793 bits per heavy atom. The summed E-state index contributed by atoms with van der Waals surface area (Å²) in [4.78, 5) is 12.9. The van der Waals surface area contributed by atoms with Gasteiger partial charge in [-0.15, -0.1) is 0 Å². The van der Waals surface area contributed by atoms with Gasteiger partial charge in [-0.2, -0.15) is 0 Å². The third-order valence-electron chi connectivity index (χ3n) is 5.52. The molecule has 0 bridgehead atoms. The van der Waals surface area contributed by atoms with Crippen LogP contribution in [0.15, 0.2) is 78.9 Å². The van der Waals surface area contributed by atoms with Crippen LogP contribution in [-0.4, -0.2) is 5.91 Å². The second-order valence-electron chi connectivity index (χ2n) is 7.67. The fraction of sp³-hybridized carbons (Fsp3) is 0.296. The van der Waals surface area contributed by atoms with Gasteiger partial charge >= 0.3 is 0 Å². The van der Waals surface area contributed by atoms with Crippen molar-refractivity contribution in [2.75, 3.05) is 0 Å². The lowest BCUT2D eigenvalue weighted by Crippen LogP contribution is -2.31. The molecule has 1 amide bonds. The molecule has 150 valence electrons. The van der Waals surface area contributed by atoms with Crippen LogP contribution in [0.2, 0.25) is 0 Å². The van der Waals surface area contributed by atoms with Crippen molar-refractivity contribution in [3.63, 3.8) is 0 Å². The zero-order valence-corrected chi connectivity index (χ0v) is 17.7. The number of nitrogens with one attached hydrogen (secondary N) is 1. The van der Waals surface area contributed by atoms with Gasteiger partial charge in [0.2, 0.25) is 5.91 Å². The highest BCUT2D eigenvalue weighted by molar-refractivity contribution is 5.84. The van der Waals surface area contributed by atoms with E-state index >= 15 is 0 Å². The molecule has 0 spiro atoms. The van der Waals surface area contributed by atoms with Gasteiger partial charge in [-0.1, -0.05) is 99.1 Å². The number of carbonyl (C=O) groups excluding carboxylic acids is 1. The van der Waals surface area contributed by atoms with Crippen molar-refractivity contribution in [3.8, 4) is 11.1 Å². The summed E-state index contributed by atoms with van der Waals surface area (Å²) in [6.45, 7) is 6.30. The molecule has 0 aliphatic carbocycles. The maximum absolute atomic E-state index is 12.9. The van der Waals surface area contributed by atoms with Crippen LogP contribution in [-0.2, 0) is 11.2 Å². The highest BCUT2D eigenvalue weighted by atomic mass is 16.1. The SMILES string of the molecule is CCCc1ccc(-c2ccc([C@@H](CC)C(=O)N[C@H](C)c3ccccc3)cc2)cc1. The predicted molar refractivity (Wildman–Crippen MR) is 122 cm³/mol. The molecule has 0 fully saturated rings. The first kappa shape index (κ1) is 20.9. The van der Waals surface area contributed by atoms with Crippen LogP contribution in [0, 0.1) is 0 Å². The Morgan fingerprint density at radius 2 is 1.38 bits per heavy atom. The fourth-order valence-corrected chi connectivity index (χ4v) is 3.77. The highest BCUT2D eigenvalue weighted by Gasteiger charge is 2.20. The largest absolute Gasteiger partial charge is 0.349 e. The third-order valence-corrected chi connectivity index (χ3v) is 5.52. The lowest BCUT2D eigenvalue weighted by Gasteiger charge is -2.20. The van der Waals surface area contributed by atoms with E-state index in [1.54, 1.807) is 0 Å². The molecule has 3 rings (SSSR count). The standard InChI is InChI=1S/C27H31NO/c1-4-9-21-12-14-23(15-13-21)24-16-18-25(19-17-24)26(5-2)27(29)28-20(3)22-10-7-6-8-11-22/h6-8,10-20,26H,4-5,9H2,1-3H3,(H,28,29)/t20-,26-/m1/s1. The minimum absolute atomic E-state index is 0.00124. The van der Waals surface area contributed by atoms with Crippen LogP contribution in [0.3, 0.4) is 0 Å². The number of rotatable bonds is 8. The van der Waals surface area contributed by atoms with Gasteiger partial charge in [0, 0.05) is 0 Å². The normalized spacial score (nSPS) is 12.9.